The molecule has 26 heavy (non-hydrogen) atoms. The molecule has 0 bridgehead atoms. The number of nitrogens with zero attached hydrogens (tertiary/aromatic N) is 2. The minimum absolute atomic E-state index is 0. The summed E-state index contributed by atoms with van der Waals surface area (Å²) in [5.41, 5.74) is 2.38. The summed E-state index contributed by atoms with van der Waals surface area (Å²) in [4.78, 5) is 6.96. The van der Waals surface area contributed by atoms with Gasteiger partial charge in [0, 0.05) is 45.6 Å². The topological polar surface area (TPSA) is 46.1 Å². The van der Waals surface area contributed by atoms with Crippen LogP contribution in [0.2, 0.25) is 0 Å². The summed E-state index contributed by atoms with van der Waals surface area (Å²) < 4.78 is 11.4. The van der Waals surface area contributed by atoms with Crippen LogP contribution in [0.3, 0.4) is 0 Å². The van der Waals surface area contributed by atoms with Gasteiger partial charge in [0.15, 0.2) is 5.96 Å². The second-order valence-electron chi connectivity index (χ2n) is 6.77. The van der Waals surface area contributed by atoms with Crippen LogP contribution in [0.4, 0.5) is 0 Å². The summed E-state index contributed by atoms with van der Waals surface area (Å²) in [6, 6.07) is 6.24. The lowest BCUT2D eigenvalue weighted by molar-refractivity contribution is 0.181. The normalized spacial score (nSPS) is 16.9. The van der Waals surface area contributed by atoms with E-state index in [2.05, 4.69) is 56.2 Å². The Hall–Kier alpha value is -1.02. The van der Waals surface area contributed by atoms with Gasteiger partial charge in [-0.25, -0.2) is 0 Å². The fraction of sp³-hybridized carbons (Fsp3) is 0.650. The van der Waals surface area contributed by atoms with E-state index in [1.807, 2.05) is 0 Å². The van der Waals surface area contributed by atoms with Gasteiger partial charge in [-0.15, -0.1) is 24.0 Å². The molecule has 2 rings (SSSR count). The first-order valence-corrected chi connectivity index (χ1v) is 9.38. The highest BCUT2D eigenvalue weighted by molar-refractivity contribution is 14.0. The average Bonchev–Trinajstić information content (AvgIpc) is 3.08. The van der Waals surface area contributed by atoms with Gasteiger partial charge in [0.05, 0.1) is 13.2 Å². The highest BCUT2D eigenvalue weighted by Crippen LogP contribution is 2.22. The van der Waals surface area contributed by atoms with Crippen LogP contribution in [-0.2, 0) is 4.74 Å². The molecule has 0 aliphatic carbocycles. The fourth-order valence-electron chi connectivity index (χ4n) is 3.12. The summed E-state index contributed by atoms with van der Waals surface area (Å²) in [6.45, 7) is 11.4. The maximum Gasteiger partial charge on any atom is 0.193 e. The highest BCUT2D eigenvalue weighted by Gasteiger charge is 2.18. The van der Waals surface area contributed by atoms with Gasteiger partial charge in [0.1, 0.15) is 5.75 Å². The summed E-state index contributed by atoms with van der Waals surface area (Å²) in [7, 11) is 2.10. The summed E-state index contributed by atoms with van der Waals surface area (Å²) in [5, 5.41) is 3.38. The number of ether oxygens (including phenoxy) is 2. The molecule has 1 N–H and O–H groups in total. The number of hydrogen-bond donors (Lipinski definition) is 1. The second-order valence-corrected chi connectivity index (χ2v) is 6.77. The van der Waals surface area contributed by atoms with Gasteiger partial charge in [-0.1, -0.05) is 18.2 Å². The molecule has 5 nitrogen and oxygen atoms in total. The number of aliphatic imine (C=N–C) groups is 1. The Labute approximate surface area is 175 Å². The molecule has 1 aliphatic heterocycles. The van der Waals surface area contributed by atoms with E-state index in [1.165, 1.54) is 11.1 Å². The van der Waals surface area contributed by atoms with Crippen LogP contribution in [0.1, 0.15) is 30.9 Å². The first kappa shape index (κ1) is 23.0. The standard InChI is InChI=1S/C20H33N3O2.HI/c1-5-21-20(23(4)14-18-10-13-24-15-18)22-11-7-12-25-19-16(2)8-6-9-17(19)3;/h6,8-9,18H,5,7,10-15H2,1-4H3,(H,21,22);1H. The molecule has 0 radical (unpaired) electrons. The van der Waals surface area contributed by atoms with Crippen LogP contribution in [0.25, 0.3) is 0 Å². The Morgan fingerprint density at radius 3 is 2.69 bits per heavy atom. The molecular weight excluding hydrogens is 441 g/mol. The third-order valence-corrected chi connectivity index (χ3v) is 4.47. The third kappa shape index (κ3) is 7.31. The number of benzene rings is 1. The van der Waals surface area contributed by atoms with E-state index in [9.17, 15) is 0 Å². The molecule has 1 atom stereocenters. The lowest BCUT2D eigenvalue weighted by Gasteiger charge is -2.24. The van der Waals surface area contributed by atoms with Gasteiger partial charge in [-0.05, 0) is 38.3 Å². The molecule has 1 saturated heterocycles. The molecular formula is C20H34IN3O2. The summed E-state index contributed by atoms with van der Waals surface area (Å²) >= 11 is 0. The number of guanidine groups is 1. The van der Waals surface area contributed by atoms with Gasteiger partial charge in [-0.2, -0.15) is 0 Å². The molecule has 1 heterocycles. The van der Waals surface area contributed by atoms with Crippen molar-refractivity contribution in [3.05, 3.63) is 29.3 Å². The number of aryl methyl sites for hydroxylation is 2. The first-order chi connectivity index (χ1) is 12.1. The molecule has 1 aromatic carbocycles. The van der Waals surface area contributed by atoms with Crippen molar-refractivity contribution in [2.45, 2.75) is 33.6 Å². The minimum Gasteiger partial charge on any atom is -0.493 e. The number of halogens is 1. The fourth-order valence-corrected chi connectivity index (χ4v) is 3.12. The van der Waals surface area contributed by atoms with Gasteiger partial charge in [-0.3, -0.25) is 4.99 Å². The number of rotatable bonds is 8. The molecule has 1 unspecified atom stereocenters. The molecule has 1 aromatic rings. The summed E-state index contributed by atoms with van der Waals surface area (Å²) in [6.07, 6.45) is 2.05. The number of para-hydroxylation sites is 1. The van der Waals surface area contributed by atoms with Gasteiger partial charge < -0.3 is 19.7 Å². The molecule has 0 aromatic heterocycles. The van der Waals surface area contributed by atoms with Crippen molar-refractivity contribution in [1.82, 2.24) is 10.2 Å². The van der Waals surface area contributed by atoms with Gasteiger partial charge in [0.25, 0.3) is 0 Å². The monoisotopic (exact) mass is 475 g/mol. The molecule has 0 spiro atoms. The Morgan fingerprint density at radius 1 is 1.35 bits per heavy atom. The Kier molecular flexibility index (Phi) is 11.0. The first-order valence-electron chi connectivity index (χ1n) is 9.38. The van der Waals surface area contributed by atoms with E-state index >= 15 is 0 Å². The molecule has 1 fully saturated rings. The largest absolute Gasteiger partial charge is 0.493 e. The smallest absolute Gasteiger partial charge is 0.193 e. The van der Waals surface area contributed by atoms with Crippen molar-refractivity contribution in [3.8, 4) is 5.75 Å². The van der Waals surface area contributed by atoms with E-state index in [1.54, 1.807) is 0 Å². The van der Waals surface area contributed by atoms with Crippen molar-refractivity contribution < 1.29 is 9.47 Å². The highest BCUT2D eigenvalue weighted by atomic mass is 127. The Balaban J connectivity index is 0.00000338. The molecule has 0 amide bonds. The van der Waals surface area contributed by atoms with E-state index in [4.69, 9.17) is 14.5 Å². The number of hydrogen-bond acceptors (Lipinski definition) is 3. The van der Waals surface area contributed by atoms with Crippen LogP contribution in [0.5, 0.6) is 5.75 Å². The second kappa shape index (κ2) is 12.4. The maximum atomic E-state index is 5.96. The van der Waals surface area contributed by atoms with Gasteiger partial charge in [0.2, 0.25) is 0 Å². The van der Waals surface area contributed by atoms with Crippen molar-refractivity contribution in [2.75, 3.05) is 46.5 Å². The van der Waals surface area contributed by atoms with Crippen LogP contribution in [-0.4, -0.2) is 57.4 Å². The molecule has 0 saturated carbocycles. The predicted octanol–water partition coefficient (Wildman–Crippen LogP) is 3.62. The van der Waals surface area contributed by atoms with E-state index in [0.717, 1.165) is 57.4 Å². The van der Waals surface area contributed by atoms with Crippen LogP contribution in [0, 0.1) is 19.8 Å². The van der Waals surface area contributed by atoms with Crippen molar-refractivity contribution in [2.24, 2.45) is 10.9 Å². The quantitative estimate of drug-likeness (QED) is 0.270. The van der Waals surface area contributed by atoms with Crippen LogP contribution >= 0.6 is 24.0 Å². The zero-order valence-electron chi connectivity index (χ0n) is 16.6. The van der Waals surface area contributed by atoms with Crippen molar-refractivity contribution >= 4 is 29.9 Å². The lowest BCUT2D eigenvalue weighted by atomic mass is 10.1. The minimum atomic E-state index is 0. The Bertz CT molecular complexity index is 540. The summed E-state index contributed by atoms with van der Waals surface area (Å²) in [5.74, 6) is 2.60. The molecule has 148 valence electrons. The number of nitrogens with one attached hydrogen (secondary N) is 1. The van der Waals surface area contributed by atoms with Crippen molar-refractivity contribution in [3.63, 3.8) is 0 Å². The Morgan fingerprint density at radius 2 is 2.08 bits per heavy atom. The van der Waals surface area contributed by atoms with E-state index < -0.39 is 0 Å². The lowest BCUT2D eigenvalue weighted by Crippen LogP contribution is -2.41. The van der Waals surface area contributed by atoms with Crippen molar-refractivity contribution in [1.29, 1.82) is 0 Å². The zero-order chi connectivity index (χ0) is 18.1. The molecule has 6 heteroatoms. The van der Waals surface area contributed by atoms with Crippen LogP contribution in [0.15, 0.2) is 23.2 Å². The maximum absolute atomic E-state index is 5.96. The van der Waals surface area contributed by atoms with Crippen LogP contribution < -0.4 is 10.1 Å². The van der Waals surface area contributed by atoms with E-state index in [0.29, 0.717) is 12.5 Å². The third-order valence-electron chi connectivity index (χ3n) is 4.47. The molecule has 1 aliphatic rings. The SMILES string of the molecule is CCNC(=NCCCOc1c(C)cccc1C)N(C)CC1CCOC1.I. The average molecular weight is 475 g/mol. The zero-order valence-corrected chi connectivity index (χ0v) is 18.9. The van der Waals surface area contributed by atoms with Gasteiger partial charge >= 0.3 is 0 Å². The predicted molar refractivity (Wildman–Crippen MR) is 119 cm³/mol. The van der Waals surface area contributed by atoms with E-state index in [-0.39, 0.29) is 24.0 Å².